The molecule has 1 amide bonds. The number of aryl methyl sites for hydroxylation is 2. The lowest BCUT2D eigenvalue weighted by atomic mass is 10.1. The molecule has 0 atom stereocenters. The standard InChI is InChI=1S/C16H21FN4O/c1-12-4-5-13(6-15(12)17)7-18-16(22)11-20(2)9-14-8-19-21(3)10-14/h4-6,8,10H,7,9,11H2,1-3H3,(H,18,22). The minimum absolute atomic E-state index is 0.0904. The van der Waals surface area contributed by atoms with Crippen LogP contribution in [0.25, 0.3) is 0 Å². The fourth-order valence-electron chi connectivity index (χ4n) is 2.17. The number of nitrogens with one attached hydrogen (secondary N) is 1. The summed E-state index contributed by atoms with van der Waals surface area (Å²) in [6.45, 7) is 2.98. The number of benzene rings is 1. The molecule has 1 aromatic heterocycles. The molecule has 22 heavy (non-hydrogen) atoms. The van der Waals surface area contributed by atoms with E-state index in [-0.39, 0.29) is 18.3 Å². The lowest BCUT2D eigenvalue weighted by Gasteiger charge is -2.15. The molecule has 1 heterocycles. The summed E-state index contributed by atoms with van der Waals surface area (Å²) in [4.78, 5) is 13.8. The smallest absolute Gasteiger partial charge is 0.234 e. The third kappa shape index (κ3) is 4.66. The van der Waals surface area contributed by atoms with Crippen LogP contribution in [0.3, 0.4) is 0 Å². The first-order valence-corrected chi connectivity index (χ1v) is 7.12. The molecule has 1 aromatic carbocycles. The van der Waals surface area contributed by atoms with Gasteiger partial charge in [-0.1, -0.05) is 12.1 Å². The van der Waals surface area contributed by atoms with Gasteiger partial charge in [0.05, 0.1) is 12.7 Å². The number of amides is 1. The second kappa shape index (κ2) is 7.17. The van der Waals surface area contributed by atoms with Crippen LogP contribution in [0.2, 0.25) is 0 Å². The molecule has 0 saturated carbocycles. The molecule has 5 nitrogen and oxygen atoms in total. The van der Waals surface area contributed by atoms with Gasteiger partial charge in [-0.25, -0.2) is 4.39 Å². The van der Waals surface area contributed by atoms with Gasteiger partial charge in [0.1, 0.15) is 5.82 Å². The largest absolute Gasteiger partial charge is 0.351 e. The van der Waals surface area contributed by atoms with Gasteiger partial charge in [0.2, 0.25) is 5.91 Å². The fraction of sp³-hybridized carbons (Fsp3) is 0.375. The van der Waals surface area contributed by atoms with Gasteiger partial charge >= 0.3 is 0 Å². The van der Waals surface area contributed by atoms with Gasteiger partial charge in [-0.15, -0.1) is 0 Å². The van der Waals surface area contributed by atoms with Crippen LogP contribution in [0.1, 0.15) is 16.7 Å². The number of aromatic nitrogens is 2. The van der Waals surface area contributed by atoms with Crippen molar-refractivity contribution in [2.45, 2.75) is 20.0 Å². The van der Waals surface area contributed by atoms with E-state index >= 15 is 0 Å². The molecule has 0 saturated heterocycles. The molecule has 1 N–H and O–H groups in total. The third-order valence-electron chi connectivity index (χ3n) is 3.35. The first-order valence-electron chi connectivity index (χ1n) is 7.12. The summed E-state index contributed by atoms with van der Waals surface area (Å²) in [6, 6.07) is 4.98. The van der Waals surface area contributed by atoms with Crippen LogP contribution in [-0.2, 0) is 24.9 Å². The van der Waals surface area contributed by atoms with Gasteiger partial charge in [-0.05, 0) is 31.2 Å². The fourth-order valence-corrected chi connectivity index (χ4v) is 2.17. The maximum Gasteiger partial charge on any atom is 0.234 e. The highest BCUT2D eigenvalue weighted by molar-refractivity contribution is 5.77. The van der Waals surface area contributed by atoms with Gasteiger partial charge in [-0.3, -0.25) is 14.4 Å². The van der Waals surface area contributed by atoms with Crippen molar-refractivity contribution in [1.82, 2.24) is 20.0 Å². The topological polar surface area (TPSA) is 50.2 Å². The summed E-state index contributed by atoms with van der Waals surface area (Å²) < 4.78 is 15.2. The number of rotatable bonds is 6. The Hall–Kier alpha value is -2.21. The average Bonchev–Trinajstić information content (AvgIpc) is 2.85. The molecule has 2 aromatic rings. The first-order chi connectivity index (χ1) is 10.4. The summed E-state index contributed by atoms with van der Waals surface area (Å²) in [5.74, 6) is -0.340. The molecule has 0 radical (unpaired) electrons. The zero-order chi connectivity index (χ0) is 16.1. The molecule has 0 spiro atoms. The number of hydrogen-bond donors (Lipinski definition) is 1. The number of halogens is 1. The Morgan fingerprint density at radius 3 is 2.82 bits per heavy atom. The highest BCUT2D eigenvalue weighted by Gasteiger charge is 2.08. The molecule has 0 fully saturated rings. The van der Waals surface area contributed by atoms with Crippen LogP contribution in [0.5, 0.6) is 0 Å². The van der Waals surface area contributed by atoms with Gasteiger partial charge in [0.25, 0.3) is 0 Å². The van der Waals surface area contributed by atoms with E-state index in [1.165, 1.54) is 6.07 Å². The average molecular weight is 304 g/mol. The van der Waals surface area contributed by atoms with E-state index in [4.69, 9.17) is 0 Å². The Kier molecular flexibility index (Phi) is 5.27. The zero-order valence-electron chi connectivity index (χ0n) is 13.1. The van der Waals surface area contributed by atoms with Crippen molar-refractivity contribution >= 4 is 5.91 Å². The van der Waals surface area contributed by atoms with Crippen LogP contribution >= 0.6 is 0 Å². The van der Waals surface area contributed by atoms with Crippen molar-refractivity contribution in [3.63, 3.8) is 0 Å². The van der Waals surface area contributed by atoms with Gasteiger partial charge in [-0.2, -0.15) is 5.10 Å². The Bertz CT molecular complexity index is 653. The SMILES string of the molecule is Cc1ccc(CNC(=O)CN(C)Cc2cnn(C)c2)cc1F. The van der Waals surface area contributed by atoms with Crippen molar-refractivity contribution in [3.8, 4) is 0 Å². The predicted octanol–water partition coefficient (Wildman–Crippen LogP) is 1.62. The Morgan fingerprint density at radius 2 is 2.18 bits per heavy atom. The van der Waals surface area contributed by atoms with Crippen LogP contribution in [0.4, 0.5) is 4.39 Å². The molecule has 0 aliphatic heterocycles. The van der Waals surface area contributed by atoms with Crippen molar-refractivity contribution in [3.05, 3.63) is 53.1 Å². The van der Waals surface area contributed by atoms with Gasteiger partial charge in [0.15, 0.2) is 0 Å². The first kappa shape index (κ1) is 16.2. The van der Waals surface area contributed by atoms with Gasteiger partial charge < -0.3 is 5.32 Å². The summed E-state index contributed by atoms with van der Waals surface area (Å²) in [5, 5.41) is 6.89. The van der Waals surface area contributed by atoms with E-state index in [1.807, 2.05) is 31.3 Å². The van der Waals surface area contributed by atoms with Crippen molar-refractivity contribution in [2.24, 2.45) is 7.05 Å². The van der Waals surface area contributed by atoms with Crippen LogP contribution in [0, 0.1) is 12.7 Å². The van der Waals surface area contributed by atoms with E-state index in [0.29, 0.717) is 18.7 Å². The van der Waals surface area contributed by atoms with Crippen LogP contribution in [0.15, 0.2) is 30.6 Å². The summed E-state index contributed by atoms with van der Waals surface area (Å²) in [6.07, 6.45) is 3.70. The second-order valence-corrected chi connectivity index (χ2v) is 5.55. The number of carbonyl (C=O) groups excluding carboxylic acids is 1. The highest BCUT2D eigenvalue weighted by Crippen LogP contribution is 2.08. The minimum Gasteiger partial charge on any atom is -0.351 e. The van der Waals surface area contributed by atoms with E-state index in [9.17, 15) is 9.18 Å². The number of carbonyl (C=O) groups is 1. The summed E-state index contributed by atoms with van der Waals surface area (Å²) in [7, 11) is 3.73. The maximum atomic E-state index is 13.4. The maximum absolute atomic E-state index is 13.4. The number of likely N-dealkylation sites (N-methyl/N-ethyl adjacent to an activating group) is 1. The molecular weight excluding hydrogens is 283 g/mol. The Morgan fingerprint density at radius 1 is 1.41 bits per heavy atom. The Balaban J connectivity index is 1.78. The van der Waals surface area contributed by atoms with Crippen molar-refractivity contribution in [2.75, 3.05) is 13.6 Å². The molecule has 118 valence electrons. The van der Waals surface area contributed by atoms with E-state index < -0.39 is 0 Å². The molecular formula is C16H21FN4O. The van der Waals surface area contributed by atoms with E-state index in [0.717, 1.165) is 11.1 Å². The Labute approximate surface area is 129 Å². The molecule has 0 aliphatic rings. The van der Waals surface area contributed by atoms with E-state index in [1.54, 1.807) is 23.9 Å². The number of hydrogen-bond acceptors (Lipinski definition) is 3. The lowest BCUT2D eigenvalue weighted by Crippen LogP contribution is -2.34. The van der Waals surface area contributed by atoms with Crippen molar-refractivity contribution < 1.29 is 9.18 Å². The zero-order valence-corrected chi connectivity index (χ0v) is 13.1. The summed E-state index contributed by atoms with van der Waals surface area (Å²) in [5.41, 5.74) is 2.41. The lowest BCUT2D eigenvalue weighted by molar-refractivity contribution is -0.122. The number of nitrogens with zero attached hydrogens (tertiary/aromatic N) is 3. The van der Waals surface area contributed by atoms with Crippen LogP contribution in [-0.4, -0.2) is 34.2 Å². The second-order valence-electron chi connectivity index (χ2n) is 5.55. The normalized spacial score (nSPS) is 11.0. The molecule has 6 heteroatoms. The molecule has 0 bridgehead atoms. The van der Waals surface area contributed by atoms with Crippen molar-refractivity contribution in [1.29, 1.82) is 0 Å². The molecule has 0 aliphatic carbocycles. The predicted molar refractivity (Wildman–Crippen MR) is 82.5 cm³/mol. The minimum atomic E-state index is -0.250. The monoisotopic (exact) mass is 304 g/mol. The van der Waals surface area contributed by atoms with E-state index in [2.05, 4.69) is 10.4 Å². The molecule has 2 rings (SSSR count). The van der Waals surface area contributed by atoms with Crippen LogP contribution < -0.4 is 5.32 Å². The molecule has 0 unspecified atom stereocenters. The highest BCUT2D eigenvalue weighted by atomic mass is 19.1. The summed E-state index contributed by atoms with van der Waals surface area (Å²) >= 11 is 0. The van der Waals surface area contributed by atoms with Gasteiger partial charge in [0, 0.05) is 31.9 Å². The quantitative estimate of drug-likeness (QED) is 0.882. The third-order valence-corrected chi connectivity index (χ3v) is 3.35.